The summed E-state index contributed by atoms with van der Waals surface area (Å²) in [6.07, 6.45) is 9.67. The van der Waals surface area contributed by atoms with Crippen LogP contribution in [0, 0.1) is 11.8 Å². The molecule has 0 saturated heterocycles. The summed E-state index contributed by atoms with van der Waals surface area (Å²) in [4.78, 5) is 16.3. The smallest absolute Gasteiger partial charge is 0.293 e. The van der Waals surface area contributed by atoms with E-state index in [1.807, 2.05) is 10.8 Å². The summed E-state index contributed by atoms with van der Waals surface area (Å²) < 4.78 is 1.83. The molecule has 98 valence electrons. The third-order valence-electron chi connectivity index (χ3n) is 4.17. The fourth-order valence-electron chi connectivity index (χ4n) is 2.94. The van der Waals surface area contributed by atoms with Gasteiger partial charge in [-0.3, -0.25) is 4.79 Å². The number of hydrogen-bond acceptors (Lipinski definition) is 3. The predicted octanol–water partition coefficient (Wildman–Crippen LogP) is 2.43. The van der Waals surface area contributed by atoms with Gasteiger partial charge in [0, 0.05) is 25.0 Å². The average molecular weight is 247 g/mol. The highest BCUT2D eigenvalue weighted by Gasteiger charge is 2.26. The summed E-state index contributed by atoms with van der Waals surface area (Å²) in [7, 11) is 0. The molecule has 2 aliphatic rings. The Hall–Kier alpha value is -1.32. The molecular formula is C14H21N3O. The van der Waals surface area contributed by atoms with Crippen LogP contribution in [0.1, 0.15) is 45.1 Å². The molecule has 2 saturated carbocycles. The van der Waals surface area contributed by atoms with Gasteiger partial charge in [-0.1, -0.05) is 13.3 Å². The third kappa shape index (κ3) is 2.42. The van der Waals surface area contributed by atoms with Crippen molar-refractivity contribution in [2.45, 2.75) is 45.1 Å². The van der Waals surface area contributed by atoms with Gasteiger partial charge in [-0.05, 0) is 37.5 Å². The number of rotatable bonds is 4. The first-order chi connectivity index (χ1) is 8.74. The Balaban J connectivity index is 1.65. The Morgan fingerprint density at radius 3 is 2.89 bits per heavy atom. The lowest BCUT2D eigenvalue weighted by Gasteiger charge is -2.12. The van der Waals surface area contributed by atoms with Crippen LogP contribution in [0.3, 0.4) is 0 Å². The van der Waals surface area contributed by atoms with Crippen molar-refractivity contribution >= 4 is 5.82 Å². The topological polar surface area (TPSA) is 46.9 Å². The minimum absolute atomic E-state index is 0.0473. The van der Waals surface area contributed by atoms with E-state index in [1.165, 1.54) is 19.3 Å². The average Bonchev–Trinajstić information content (AvgIpc) is 3.11. The largest absolute Gasteiger partial charge is 0.365 e. The van der Waals surface area contributed by atoms with E-state index in [2.05, 4.69) is 17.2 Å². The molecule has 2 atom stereocenters. The molecule has 0 amide bonds. The number of anilines is 1. The molecule has 0 bridgehead atoms. The maximum atomic E-state index is 12.2. The van der Waals surface area contributed by atoms with E-state index in [1.54, 1.807) is 6.20 Å². The first kappa shape index (κ1) is 11.8. The molecule has 2 aliphatic carbocycles. The van der Waals surface area contributed by atoms with Crippen LogP contribution in [0.5, 0.6) is 0 Å². The van der Waals surface area contributed by atoms with Crippen LogP contribution in [0.15, 0.2) is 17.2 Å². The van der Waals surface area contributed by atoms with Gasteiger partial charge < -0.3 is 9.88 Å². The van der Waals surface area contributed by atoms with Gasteiger partial charge >= 0.3 is 0 Å². The molecule has 1 aromatic heterocycles. The number of hydrogen-bond donors (Lipinski definition) is 1. The highest BCUT2D eigenvalue weighted by Crippen LogP contribution is 2.33. The van der Waals surface area contributed by atoms with Crippen LogP contribution in [0.4, 0.5) is 5.82 Å². The van der Waals surface area contributed by atoms with E-state index in [9.17, 15) is 4.79 Å². The Kier molecular flexibility index (Phi) is 3.10. The SMILES string of the molecule is CC1CCC(CNc2nccn(C3CC3)c2=O)C1. The second kappa shape index (κ2) is 4.75. The monoisotopic (exact) mass is 247 g/mol. The molecule has 4 nitrogen and oxygen atoms in total. The fourth-order valence-corrected chi connectivity index (χ4v) is 2.94. The first-order valence-corrected chi connectivity index (χ1v) is 7.05. The van der Waals surface area contributed by atoms with Crippen LogP contribution < -0.4 is 10.9 Å². The van der Waals surface area contributed by atoms with Crippen LogP contribution in [0.25, 0.3) is 0 Å². The zero-order chi connectivity index (χ0) is 12.5. The molecule has 1 N–H and O–H groups in total. The quantitative estimate of drug-likeness (QED) is 0.889. The standard InChI is InChI=1S/C14H21N3O/c1-10-2-3-11(8-10)9-16-13-14(18)17(7-6-15-13)12-4-5-12/h6-7,10-12H,2-5,8-9H2,1H3,(H,15,16). The van der Waals surface area contributed by atoms with Crippen molar-refractivity contribution in [2.24, 2.45) is 11.8 Å². The molecule has 2 fully saturated rings. The highest BCUT2D eigenvalue weighted by atomic mass is 16.1. The van der Waals surface area contributed by atoms with Gasteiger partial charge in [0.2, 0.25) is 0 Å². The molecule has 18 heavy (non-hydrogen) atoms. The van der Waals surface area contributed by atoms with Crippen LogP contribution in [-0.2, 0) is 0 Å². The molecule has 2 unspecified atom stereocenters. The molecule has 0 radical (unpaired) electrons. The fraction of sp³-hybridized carbons (Fsp3) is 0.714. The summed E-state index contributed by atoms with van der Waals surface area (Å²) in [5.41, 5.74) is 0.0473. The molecule has 4 heteroatoms. The van der Waals surface area contributed by atoms with E-state index >= 15 is 0 Å². The Morgan fingerprint density at radius 2 is 2.22 bits per heavy atom. The molecule has 1 heterocycles. The lowest BCUT2D eigenvalue weighted by Crippen LogP contribution is -2.25. The third-order valence-corrected chi connectivity index (χ3v) is 4.17. The zero-order valence-electron chi connectivity index (χ0n) is 10.9. The summed E-state index contributed by atoms with van der Waals surface area (Å²) in [5.74, 6) is 2.07. The van der Waals surface area contributed by atoms with Gasteiger partial charge in [0.15, 0.2) is 5.82 Å². The summed E-state index contributed by atoms with van der Waals surface area (Å²) in [5, 5.41) is 3.25. The van der Waals surface area contributed by atoms with Crippen molar-refractivity contribution in [3.05, 3.63) is 22.7 Å². The zero-order valence-corrected chi connectivity index (χ0v) is 10.9. The molecule has 1 aromatic rings. The highest BCUT2D eigenvalue weighted by molar-refractivity contribution is 5.31. The van der Waals surface area contributed by atoms with Crippen molar-refractivity contribution in [3.63, 3.8) is 0 Å². The van der Waals surface area contributed by atoms with E-state index in [-0.39, 0.29) is 5.56 Å². The predicted molar refractivity (Wildman–Crippen MR) is 71.8 cm³/mol. The molecular weight excluding hydrogens is 226 g/mol. The van der Waals surface area contributed by atoms with Crippen molar-refractivity contribution in [1.29, 1.82) is 0 Å². The van der Waals surface area contributed by atoms with Crippen LogP contribution in [-0.4, -0.2) is 16.1 Å². The van der Waals surface area contributed by atoms with Gasteiger partial charge in [0.1, 0.15) is 0 Å². The van der Waals surface area contributed by atoms with Gasteiger partial charge in [0.25, 0.3) is 5.56 Å². The molecule has 0 aliphatic heterocycles. The van der Waals surface area contributed by atoms with E-state index in [4.69, 9.17) is 0 Å². The molecule has 0 aromatic carbocycles. The van der Waals surface area contributed by atoms with Gasteiger partial charge in [-0.15, -0.1) is 0 Å². The maximum absolute atomic E-state index is 12.2. The van der Waals surface area contributed by atoms with Gasteiger partial charge in [-0.2, -0.15) is 0 Å². The minimum Gasteiger partial charge on any atom is -0.365 e. The normalized spacial score (nSPS) is 27.4. The molecule has 3 rings (SSSR count). The maximum Gasteiger partial charge on any atom is 0.293 e. The summed E-state index contributed by atoms with van der Waals surface area (Å²) >= 11 is 0. The number of nitrogens with one attached hydrogen (secondary N) is 1. The van der Waals surface area contributed by atoms with Crippen LogP contribution in [0.2, 0.25) is 0 Å². The van der Waals surface area contributed by atoms with E-state index in [0.29, 0.717) is 17.8 Å². The Bertz CT molecular complexity index is 478. The Labute approximate surface area is 107 Å². The van der Waals surface area contributed by atoms with Crippen molar-refractivity contribution in [1.82, 2.24) is 9.55 Å². The first-order valence-electron chi connectivity index (χ1n) is 7.05. The van der Waals surface area contributed by atoms with Crippen molar-refractivity contribution < 1.29 is 0 Å². The molecule has 0 spiro atoms. The van der Waals surface area contributed by atoms with Crippen LogP contribution >= 0.6 is 0 Å². The Morgan fingerprint density at radius 1 is 1.39 bits per heavy atom. The second-order valence-electron chi connectivity index (χ2n) is 5.88. The summed E-state index contributed by atoms with van der Waals surface area (Å²) in [6, 6.07) is 0.424. The lowest BCUT2D eigenvalue weighted by atomic mass is 10.1. The minimum atomic E-state index is 0.0473. The van der Waals surface area contributed by atoms with E-state index < -0.39 is 0 Å². The van der Waals surface area contributed by atoms with Gasteiger partial charge in [-0.25, -0.2) is 4.98 Å². The van der Waals surface area contributed by atoms with Gasteiger partial charge in [0.05, 0.1) is 0 Å². The lowest BCUT2D eigenvalue weighted by molar-refractivity contribution is 0.536. The second-order valence-corrected chi connectivity index (χ2v) is 5.88. The van der Waals surface area contributed by atoms with Crippen molar-refractivity contribution in [2.75, 3.05) is 11.9 Å². The van der Waals surface area contributed by atoms with E-state index in [0.717, 1.165) is 25.3 Å². The van der Waals surface area contributed by atoms with Crippen molar-refractivity contribution in [3.8, 4) is 0 Å². The summed E-state index contributed by atoms with van der Waals surface area (Å²) in [6.45, 7) is 3.20. The number of nitrogens with zero attached hydrogens (tertiary/aromatic N) is 2. The number of aromatic nitrogens is 2.